The Hall–Kier alpha value is -3.00. The summed E-state index contributed by atoms with van der Waals surface area (Å²) in [6.45, 7) is 3.81. The Labute approximate surface area is 172 Å². The van der Waals surface area contributed by atoms with E-state index in [1.807, 2.05) is 13.8 Å². The van der Waals surface area contributed by atoms with Crippen LogP contribution in [0.1, 0.15) is 46.7 Å². The Morgan fingerprint density at radius 2 is 1.93 bits per heavy atom. The van der Waals surface area contributed by atoms with Gasteiger partial charge in [-0.2, -0.15) is 0 Å². The van der Waals surface area contributed by atoms with E-state index in [1.54, 1.807) is 17.5 Å². The summed E-state index contributed by atoms with van der Waals surface area (Å²) < 4.78 is 4.66. The number of rotatable bonds is 6. The van der Waals surface area contributed by atoms with Crippen LogP contribution < -0.4 is 4.90 Å². The summed E-state index contributed by atoms with van der Waals surface area (Å²) in [4.78, 5) is 53.6. The summed E-state index contributed by atoms with van der Waals surface area (Å²) in [5, 5.41) is 1.80. The van der Waals surface area contributed by atoms with Crippen LogP contribution in [0.15, 0.2) is 41.8 Å². The summed E-state index contributed by atoms with van der Waals surface area (Å²) in [7, 11) is 1.28. The molecule has 0 bridgehead atoms. The van der Waals surface area contributed by atoms with E-state index in [0.29, 0.717) is 22.5 Å². The Kier molecular flexibility index (Phi) is 6.12. The number of ether oxygens (including phenoxy) is 1. The molecule has 0 N–H and O–H groups in total. The third-order valence-corrected chi connectivity index (χ3v) is 5.90. The molecule has 2 aromatic rings. The zero-order chi connectivity index (χ0) is 21.1. The number of anilines is 1. The molecule has 3 rings (SSSR count). The highest BCUT2D eigenvalue weighted by Gasteiger charge is 2.45. The van der Waals surface area contributed by atoms with Crippen LogP contribution in [0.3, 0.4) is 0 Å². The number of amides is 3. The molecular weight excluding hydrogens is 392 g/mol. The quantitative estimate of drug-likeness (QED) is 0.536. The van der Waals surface area contributed by atoms with Crippen LogP contribution in [0, 0.1) is 0 Å². The number of imide groups is 1. The Morgan fingerprint density at radius 1 is 1.24 bits per heavy atom. The van der Waals surface area contributed by atoms with E-state index in [0.717, 1.165) is 4.90 Å². The lowest BCUT2D eigenvalue weighted by Crippen LogP contribution is -2.49. The van der Waals surface area contributed by atoms with Crippen LogP contribution in [0.2, 0.25) is 0 Å². The minimum absolute atomic E-state index is 0.0704. The lowest BCUT2D eigenvalue weighted by Gasteiger charge is -2.32. The first-order valence-electron chi connectivity index (χ1n) is 9.30. The van der Waals surface area contributed by atoms with Gasteiger partial charge in [-0.05, 0) is 49.1 Å². The van der Waals surface area contributed by atoms with Crippen molar-refractivity contribution >= 4 is 40.7 Å². The van der Waals surface area contributed by atoms with E-state index >= 15 is 0 Å². The van der Waals surface area contributed by atoms with Crippen molar-refractivity contribution in [2.75, 3.05) is 12.0 Å². The van der Waals surface area contributed by atoms with E-state index in [9.17, 15) is 19.2 Å². The van der Waals surface area contributed by atoms with Gasteiger partial charge < -0.3 is 9.64 Å². The summed E-state index contributed by atoms with van der Waals surface area (Å²) in [5.74, 6) is -1.56. The molecule has 2 unspecified atom stereocenters. The molecule has 2 atom stereocenters. The maximum absolute atomic E-state index is 13.2. The van der Waals surface area contributed by atoms with Crippen LogP contribution in [-0.2, 0) is 14.3 Å². The molecule has 2 heterocycles. The van der Waals surface area contributed by atoms with Crippen molar-refractivity contribution in [3.05, 3.63) is 52.2 Å². The average Bonchev–Trinajstić information content (AvgIpc) is 3.36. The minimum atomic E-state index is -0.854. The molecule has 3 amide bonds. The van der Waals surface area contributed by atoms with Gasteiger partial charge in [0.15, 0.2) is 0 Å². The molecule has 8 heteroatoms. The molecule has 1 aliphatic rings. The molecule has 0 aliphatic carbocycles. The summed E-state index contributed by atoms with van der Waals surface area (Å²) in [5.41, 5.74) is 0.684. The van der Waals surface area contributed by atoms with Crippen molar-refractivity contribution < 1.29 is 23.9 Å². The number of carbonyl (C=O) groups is 4. The number of hydrogen-bond acceptors (Lipinski definition) is 6. The third kappa shape index (κ3) is 3.93. The molecule has 29 heavy (non-hydrogen) atoms. The number of benzene rings is 1. The van der Waals surface area contributed by atoms with Crippen molar-refractivity contribution in [3.8, 4) is 0 Å². The van der Waals surface area contributed by atoms with Crippen LogP contribution >= 0.6 is 11.3 Å². The lowest BCUT2D eigenvalue weighted by molar-refractivity contribution is -0.122. The first-order chi connectivity index (χ1) is 13.9. The highest BCUT2D eigenvalue weighted by atomic mass is 32.1. The van der Waals surface area contributed by atoms with Crippen molar-refractivity contribution in [2.45, 2.75) is 38.8 Å². The van der Waals surface area contributed by atoms with Gasteiger partial charge in [-0.25, -0.2) is 9.69 Å². The van der Waals surface area contributed by atoms with Gasteiger partial charge in [0.25, 0.3) is 11.8 Å². The Balaban J connectivity index is 1.89. The predicted molar refractivity (Wildman–Crippen MR) is 109 cm³/mol. The predicted octanol–water partition coefficient (Wildman–Crippen LogP) is 3.11. The second-order valence-electron chi connectivity index (χ2n) is 6.77. The topological polar surface area (TPSA) is 84.0 Å². The first-order valence-corrected chi connectivity index (χ1v) is 10.2. The third-order valence-electron chi connectivity index (χ3n) is 5.04. The van der Waals surface area contributed by atoms with Gasteiger partial charge in [-0.15, -0.1) is 11.3 Å². The summed E-state index contributed by atoms with van der Waals surface area (Å²) >= 11 is 1.31. The van der Waals surface area contributed by atoms with Crippen molar-refractivity contribution in [2.24, 2.45) is 0 Å². The highest BCUT2D eigenvalue weighted by molar-refractivity contribution is 7.12. The Bertz CT molecular complexity index is 923. The van der Waals surface area contributed by atoms with Gasteiger partial charge in [0.1, 0.15) is 6.04 Å². The van der Waals surface area contributed by atoms with Crippen LogP contribution in [0.4, 0.5) is 5.69 Å². The van der Waals surface area contributed by atoms with Crippen molar-refractivity contribution in [1.29, 1.82) is 0 Å². The second-order valence-corrected chi connectivity index (χ2v) is 7.72. The van der Waals surface area contributed by atoms with Crippen LogP contribution in [-0.4, -0.2) is 47.8 Å². The normalized spacial score (nSPS) is 17.3. The first kappa shape index (κ1) is 20.7. The molecule has 1 aromatic carbocycles. The number of nitrogens with zero attached hydrogens (tertiary/aromatic N) is 2. The molecular formula is C21H22N2O5S. The maximum atomic E-state index is 13.2. The zero-order valence-electron chi connectivity index (χ0n) is 16.5. The van der Waals surface area contributed by atoms with Gasteiger partial charge in [-0.3, -0.25) is 14.4 Å². The molecule has 152 valence electrons. The Morgan fingerprint density at radius 3 is 2.48 bits per heavy atom. The molecule has 1 aromatic heterocycles. The summed E-state index contributed by atoms with van der Waals surface area (Å²) in [6.07, 6.45) is 0.585. The number of methoxy groups -OCH3 is 1. The molecule has 1 fully saturated rings. The molecule has 1 aliphatic heterocycles. The van der Waals surface area contributed by atoms with E-state index in [-0.39, 0.29) is 24.3 Å². The lowest BCUT2D eigenvalue weighted by atomic mass is 10.1. The van der Waals surface area contributed by atoms with E-state index in [1.165, 1.54) is 47.6 Å². The number of carbonyl (C=O) groups excluding carboxylic acids is 4. The van der Waals surface area contributed by atoms with Gasteiger partial charge in [-0.1, -0.05) is 13.0 Å². The minimum Gasteiger partial charge on any atom is -0.465 e. The molecule has 0 radical (unpaired) electrons. The maximum Gasteiger partial charge on any atom is 0.337 e. The van der Waals surface area contributed by atoms with E-state index < -0.39 is 17.9 Å². The fourth-order valence-corrected chi connectivity index (χ4v) is 4.01. The summed E-state index contributed by atoms with van der Waals surface area (Å²) in [6, 6.07) is 8.49. The van der Waals surface area contributed by atoms with E-state index in [4.69, 9.17) is 0 Å². The van der Waals surface area contributed by atoms with Crippen LogP contribution in [0.25, 0.3) is 0 Å². The van der Waals surface area contributed by atoms with Gasteiger partial charge in [0, 0.05) is 6.04 Å². The number of esters is 1. The fraction of sp³-hybridized carbons (Fsp3) is 0.333. The fourth-order valence-electron chi connectivity index (χ4n) is 3.34. The van der Waals surface area contributed by atoms with E-state index in [2.05, 4.69) is 4.74 Å². The zero-order valence-corrected chi connectivity index (χ0v) is 17.3. The van der Waals surface area contributed by atoms with Gasteiger partial charge in [0.2, 0.25) is 5.91 Å². The van der Waals surface area contributed by atoms with Gasteiger partial charge in [0.05, 0.1) is 29.7 Å². The largest absolute Gasteiger partial charge is 0.465 e. The van der Waals surface area contributed by atoms with Crippen molar-refractivity contribution in [3.63, 3.8) is 0 Å². The second kappa shape index (κ2) is 8.57. The average molecular weight is 414 g/mol. The van der Waals surface area contributed by atoms with Crippen LogP contribution in [0.5, 0.6) is 0 Å². The molecule has 7 nitrogen and oxygen atoms in total. The van der Waals surface area contributed by atoms with Crippen molar-refractivity contribution in [1.82, 2.24) is 4.90 Å². The molecule has 0 saturated carbocycles. The molecule has 0 spiro atoms. The number of hydrogen-bond donors (Lipinski definition) is 0. The smallest absolute Gasteiger partial charge is 0.337 e. The van der Waals surface area contributed by atoms with Gasteiger partial charge >= 0.3 is 5.97 Å². The number of thiophene rings is 1. The molecule has 1 saturated heterocycles. The monoisotopic (exact) mass is 414 g/mol. The highest BCUT2D eigenvalue weighted by Crippen LogP contribution is 2.29. The standard InChI is InChI=1S/C21H22N2O5S/c1-4-13(2)22(20(26)17-6-5-11-29-17)16-12-18(24)23(19(16)25)15-9-7-14(8-10-15)21(27)28-3/h5-11,13,16H,4,12H2,1-3H3. The SMILES string of the molecule is CCC(C)N(C(=O)c1cccs1)C1CC(=O)N(c2ccc(C(=O)OC)cc2)C1=O.